The second kappa shape index (κ2) is 8.41. The predicted octanol–water partition coefficient (Wildman–Crippen LogP) is 3.20. The van der Waals surface area contributed by atoms with Crippen molar-refractivity contribution in [2.75, 3.05) is 32.1 Å². The minimum Gasteiger partial charge on any atom is -0.493 e. The zero-order valence-electron chi connectivity index (χ0n) is 16.6. The third kappa shape index (κ3) is 4.87. The Kier molecular flexibility index (Phi) is 5.71. The van der Waals surface area contributed by atoms with Gasteiger partial charge in [0, 0.05) is 24.3 Å². The van der Waals surface area contributed by atoms with Crippen LogP contribution < -0.4 is 14.8 Å². The van der Waals surface area contributed by atoms with Crippen molar-refractivity contribution in [1.29, 1.82) is 0 Å². The molecule has 2 amide bonds. The Morgan fingerprint density at radius 2 is 2.17 bits per heavy atom. The van der Waals surface area contributed by atoms with E-state index < -0.39 is 0 Å². The molecule has 1 atom stereocenters. The van der Waals surface area contributed by atoms with Crippen LogP contribution in [0.15, 0.2) is 23.6 Å². The molecule has 4 rings (SSSR count). The Hall–Kier alpha value is -2.61. The van der Waals surface area contributed by atoms with Crippen LogP contribution in [0.25, 0.3) is 0 Å². The summed E-state index contributed by atoms with van der Waals surface area (Å²) < 4.78 is 11.4. The number of hydrogen-bond donors (Lipinski definition) is 1. The number of amides is 2. The molecule has 0 bridgehead atoms. The summed E-state index contributed by atoms with van der Waals surface area (Å²) in [5.74, 6) is 1.86. The lowest BCUT2D eigenvalue weighted by molar-refractivity contribution is -0.131. The number of anilines is 1. The van der Waals surface area contributed by atoms with Crippen molar-refractivity contribution >= 4 is 28.3 Å². The monoisotopic (exact) mass is 415 g/mol. The first-order valence-electron chi connectivity index (χ1n) is 9.82. The lowest BCUT2D eigenvalue weighted by atomic mass is 9.98. The van der Waals surface area contributed by atoms with Gasteiger partial charge in [-0.2, -0.15) is 0 Å². The molecule has 1 aromatic carbocycles. The molecular weight excluding hydrogens is 390 g/mol. The molecule has 2 aromatic rings. The first kappa shape index (κ1) is 19.7. The molecule has 1 aliphatic heterocycles. The Morgan fingerprint density at radius 3 is 2.86 bits per heavy atom. The quantitative estimate of drug-likeness (QED) is 0.716. The highest BCUT2D eigenvalue weighted by Crippen LogP contribution is 2.37. The number of thiazole rings is 1. The lowest BCUT2D eigenvalue weighted by Crippen LogP contribution is -2.34. The molecule has 2 heterocycles. The van der Waals surface area contributed by atoms with Crippen LogP contribution in [-0.2, 0) is 9.59 Å². The van der Waals surface area contributed by atoms with Gasteiger partial charge in [-0.1, -0.05) is 6.07 Å². The van der Waals surface area contributed by atoms with Crippen molar-refractivity contribution in [2.45, 2.75) is 32.1 Å². The number of aromatic nitrogens is 1. The van der Waals surface area contributed by atoms with Crippen molar-refractivity contribution in [3.05, 3.63) is 34.8 Å². The summed E-state index contributed by atoms with van der Waals surface area (Å²) in [6.45, 7) is 3.12. The molecule has 0 spiro atoms. The van der Waals surface area contributed by atoms with Gasteiger partial charge in [0.15, 0.2) is 16.6 Å². The van der Waals surface area contributed by atoms with E-state index in [0.29, 0.717) is 36.4 Å². The van der Waals surface area contributed by atoms with Crippen LogP contribution in [0.5, 0.6) is 11.5 Å². The van der Waals surface area contributed by atoms with Crippen molar-refractivity contribution in [2.24, 2.45) is 5.92 Å². The van der Waals surface area contributed by atoms with Crippen LogP contribution in [0.4, 0.5) is 5.13 Å². The number of nitrogens with zero attached hydrogens (tertiary/aromatic N) is 2. The van der Waals surface area contributed by atoms with Crippen molar-refractivity contribution in [1.82, 2.24) is 9.88 Å². The smallest absolute Gasteiger partial charge is 0.245 e. The van der Waals surface area contributed by atoms with Gasteiger partial charge in [-0.15, -0.1) is 11.3 Å². The summed E-state index contributed by atoms with van der Waals surface area (Å²) in [7, 11) is 1.63. The summed E-state index contributed by atoms with van der Waals surface area (Å²) in [6.07, 6.45) is 2.82. The number of likely N-dealkylation sites (tertiary alicyclic amines) is 1. The molecule has 29 heavy (non-hydrogen) atoms. The topological polar surface area (TPSA) is 80.8 Å². The van der Waals surface area contributed by atoms with Crippen LogP contribution in [0.1, 0.15) is 36.4 Å². The van der Waals surface area contributed by atoms with Gasteiger partial charge >= 0.3 is 0 Å². The third-order valence-electron chi connectivity index (χ3n) is 5.24. The van der Waals surface area contributed by atoms with Crippen molar-refractivity contribution in [3.8, 4) is 11.5 Å². The van der Waals surface area contributed by atoms with Gasteiger partial charge in [-0.25, -0.2) is 4.98 Å². The summed E-state index contributed by atoms with van der Waals surface area (Å²) in [5, 5.41) is 5.19. The number of carbonyl (C=O) groups excluding carboxylic acids is 2. The molecule has 8 heteroatoms. The maximum Gasteiger partial charge on any atom is 0.245 e. The van der Waals surface area contributed by atoms with Crippen molar-refractivity contribution < 1.29 is 19.1 Å². The van der Waals surface area contributed by atoms with Crippen LogP contribution in [0.3, 0.4) is 0 Å². The van der Waals surface area contributed by atoms with Crippen LogP contribution >= 0.6 is 11.3 Å². The number of aryl methyl sites for hydroxylation is 1. The van der Waals surface area contributed by atoms with E-state index in [2.05, 4.69) is 10.3 Å². The van der Waals surface area contributed by atoms with Gasteiger partial charge in [0.1, 0.15) is 0 Å². The first-order valence-corrected chi connectivity index (χ1v) is 10.7. The summed E-state index contributed by atoms with van der Waals surface area (Å²) in [5.41, 5.74) is 1.89. The highest BCUT2D eigenvalue weighted by Gasteiger charge is 2.32. The Labute approximate surface area is 174 Å². The molecule has 1 aliphatic carbocycles. The Bertz CT molecular complexity index is 909. The summed E-state index contributed by atoms with van der Waals surface area (Å²) in [4.78, 5) is 30.6. The largest absolute Gasteiger partial charge is 0.493 e. The molecule has 2 aliphatic rings. The molecule has 154 valence electrons. The van der Waals surface area contributed by atoms with Crippen LogP contribution in [0.2, 0.25) is 0 Å². The zero-order valence-corrected chi connectivity index (χ0v) is 17.5. The van der Waals surface area contributed by atoms with Gasteiger partial charge in [0.2, 0.25) is 11.8 Å². The zero-order chi connectivity index (χ0) is 20.4. The van der Waals surface area contributed by atoms with E-state index in [0.717, 1.165) is 17.0 Å². The second-order valence-corrected chi connectivity index (χ2v) is 8.54. The number of hydrogen-bond acceptors (Lipinski definition) is 6. The summed E-state index contributed by atoms with van der Waals surface area (Å²) in [6, 6.07) is 5.84. The molecule has 0 radical (unpaired) electrons. The number of carbonyl (C=O) groups is 2. The number of methoxy groups -OCH3 is 1. The average Bonchev–Trinajstić information content (AvgIpc) is 3.35. The highest BCUT2D eigenvalue weighted by molar-refractivity contribution is 7.13. The number of ether oxygens (including phenoxy) is 2. The third-order valence-corrected chi connectivity index (χ3v) is 6.12. The fourth-order valence-corrected chi connectivity index (χ4v) is 4.15. The standard InChI is InChI=1S/C21H25N3O4S/c1-13-12-29-21(22-13)23-19(25)10-24-9-16(8-20(24)26)15-5-6-17(27-2)18(7-15)28-11-14-3-4-14/h5-7,12,14,16H,3-4,8-11H2,1-2H3,(H,22,23,25)/t16-/m1/s1. The van der Waals surface area contributed by atoms with Gasteiger partial charge in [0.25, 0.3) is 0 Å². The number of benzene rings is 1. The maximum atomic E-state index is 12.5. The highest BCUT2D eigenvalue weighted by atomic mass is 32.1. The van der Waals surface area contributed by atoms with Crippen LogP contribution in [-0.4, -0.2) is 48.5 Å². The average molecular weight is 416 g/mol. The van der Waals surface area contributed by atoms with E-state index in [1.807, 2.05) is 30.5 Å². The van der Waals surface area contributed by atoms with E-state index in [9.17, 15) is 9.59 Å². The van der Waals surface area contributed by atoms with Crippen LogP contribution in [0, 0.1) is 12.8 Å². The maximum absolute atomic E-state index is 12.5. The number of rotatable bonds is 8. The van der Waals surface area contributed by atoms with Gasteiger partial charge in [-0.3, -0.25) is 9.59 Å². The molecule has 1 saturated heterocycles. The van der Waals surface area contributed by atoms with E-state index in [-0.39, 0.29) is 24.3 Å². The lowest BCUT2D eigenvalue weighted by Gasteiger charge is -2.17. The minimum atomic E-state index is -0.225. The van der Waals surface area contributed by atoms with E-state index in [1.165, 1.54) is 24.2 Å². The molecular formula is C21H25N3O4S. The second-order valence-electron chi connectivity index (χ2n) is 7.68. The molecule has 1 N–H and O–H groups in total. The Morgan fingerprint density at radius 1 is 1.34 bits per heavy atom. The van der Waals surface area contributed by atoms with Gasteiger partial charge in [-0.05, 0) is 43.4 Å². The fraction of sp³-hybridized carbons (Fsp3) is 0.476. The van der Waals surface area contributed by atoms with Gasteiger partial charge < -0.3 is 19.7 Å². The Balaban J connectivity index is 1.38. The van der Waals surface area contributed by atoms with E-state index in [4.69, 9.17) is 9.47 Å². The fourth-order valence-electron chi connectivity index (χ4n) is 3.44. The SMILES string of the molecule is COc1ccc([C@@H]2CC(=O)N(CC(=O)Nc3nc(C)cs3)C2)cc1OCC1CC1. The van der Waals surface area contributed by atoms with Crippen molar-refractivity contribution in [3.63, 3.8) is 0 Å². The predicted molar refractivity (Wildman–Crippen MR) is 111 cm³/mol. The molecule has 1 saturated carbocycles. The van der Waals surface area contributed by atoms with E-state index in [1.54, 1.807) is 12.0 Å². The molecule has 0 unspecified atom stereocenters. The summed E-state index contributed by atoms with van der Waals surface area (Å²) >= 11 is 1.38. The number of nitrogens with one attached hydrogen (secondary N) is 1. The first-order chi connectivity index (χ1) is 14.0. The normalized spacial score (nSPS) is 18.8. The molecule has 1 aromatic heterocycles. The molecule has 7 nitrogen and oxygen atoms in total. The van der Waals surface area contributed by atoms with Gasteiger partial charge in [0.05, 0.1) is 26.0 Å². The molecule has 2 fully saturated rings. The van der Waals surface area contributed by atoms with E-state index >= 15 is 0 Å². The minimum absolute atomic E-state index is 0.0169.